The van der Waals surface area contributed by atoms with Crippen molar-refractivity contribution in [3.63, 3.8) is 0 Å². The number of hydrogen-bond donors (Lipinski definition) is 0. The zero-order valence-corrected chi connectivity index (χ0v) is 27.9. The third-order valence-corrected chi connectivity index (χ3v) is 15.2. The van der Waals surface area contributed by atoms with Gasteiger partial charge in [0.25, 0.3) is 0 Å². The fraction of sp³-hybridized carbons (Fsp3) is 0. The molecule has 0 N–H and O–H groups in total. The third kappa shape index (κ3) is 5.25. The van der Waals surface area contributed by atoms with Gasteiger partial charge in [-0.3, -0.25) is 0 Å². The number of hydrogen-bond acceptors (Lipinski definition) is 0. The van der Waals surface area contributed by atoms with Crippen molar-refractivity contribution in [2.75, 3.05) is 0 Å². The van der Waals surface area contributed by atoms with Gasteiger partial charge < -0.3 is 0 Å². The molecule has 0 fully saturated rings. The Balaban J connectivity index is 1.56. The maximum Gasteiger partial charge on any atom is -0.000886 e. The van der Waals surface area contributed by atoms with Gasteiger partial charge in [0.1, 0.15) is 0 Å². The minimum absolute atomic E-state index is 0.884. The van der Waals surface area contributed by atoms with Gasteiger partial charge in [0, 0.05) is 0 Å². The average molecular weight is 637 g/mol. The van der Waals surface area contributed by atoms with E-state index in [0.717, 1.165) is 0 Å². The zero-order valence-electron chi connectivity index (χ0n) is 26.1. The van der Waals surface area contributed by atoms with Gasteiger partial charge in [-0.1, -0.05) is 200 Å². The first kappa shape index (κ1) is 29.4. The second kappa shape index (κ2) is 12.7. The molecule has 0 aromatic heterocycles. The lowest BCUT2D eigenvalue weighted by Gasteiger charge is -2.32. The summed E-state index contributed by atoms with van der Waals surface area (Å²) in [6, 6.07) is 71.3. The molecule has 0 radical (unpaired) electrons. The maximum absolute atomic E-state index is 5.26. The van der Waals surface area contributed by atoms with Crippen LogP contribution in [-0.2, 0) is 0 Å². The molecule has 0 saturated carbocycles. The van der Waals surface area contributed by atoms with Gasteiger partial charge in [-0.15, -0.1) is 0 Å². The summed E-state index contributed by atoms with van der Waals surface area (Å²) < 4.78 is 0. The van der Waals surface area contributed by atoms with Gasteiger partial charge >= 0.3 is 0 Å². The second-order valence-corrected chi connectivity index (χ2v) is 17.2. The van der Waals surface area contributed by atoms with Crippen molar-refractivity contribution < 1.29 is 0 Å². The molecule has 47 heavy (non-hydrogen) atoms. The summed E-state index contributed by atoms with van der Waals surface area (Å²) >= 11 is 0. The van der Waals surface area contributed by atoms with Crippen LogP contribution in [0.3, 0.4) is 0 Å². The molecule has 224 valence electrons. The van der Waals surface area contributed by atoms with Crippen LogP contribution < -0.4 is 31.8 Å². The molecule has 0 aliphatic rings. The van der Waals surface area contributed by atoms with Crippen LogP contribution in [0.2, 0.25) is 0 Å². The van der Waals surface area contributed by atoms with Crippen molar-refractivity contribution in [2.24, 2.45) is 0 Å². The number of benzene rings is 8. The highest BCUT2D eigenvalue weighted by Gasteiger charge is 2.30. The Morgan fingerprint density at radius 3 is 1.28 bits per heavy atom. The van der Waals surface area contributed by atoms with Gasteiger partial charge in [0.15, 0.2) is 0 Å². The van der Waals surface area contributed by atoms with Crippen LogP contribution in [0, 0.1) is 0 Å². The lowest BCUT2D eigenvalue weighted by molar-refractivity contribution is 1.72. The van der Waals surface area contributed by atoms with E-state index in [2.05, 4.69) is 194 Å². The summed E-state index contributed by atoms with van der Waals surface area (Å²) in [7, 11) is -0.884. The van der Waals surface area contributed by atoms with E-state index in [1.807, 2.05) is 0 Å². The summed E-state index contributed by atoms with van der Waals surface area (Å²) in [6.07, 6.45) is 5.26. The van der Waals surface area contributed by atoms with Crippen molar-refractivity contribution in [2.45, 2.75) is 0 Å². The summed E-state index contributed by atoms with van der Waals surface area (Å²) in [5.41, 5.74) is 2.61. The molecular weight excluding hydrogens is 602 g/mol. The van der Waals surface area contributed by atoms with Crippen LogP contribution in [0.4, 0.5) is 0 Å². The van der Waals surface area contributed by atoms with Crippen molar-refractivity contribution in [1.82, 2.24) is 0 Å². The first-order chi connectivity index (χ1) is 23.2. The zero-order chi connectivity index (χ0) is 31.6. The lowest BCUT2D eigenvalue weighted by Crippen LogP contribution is -2.28. The van der Waals surface area contributed by atoms with Crippen molar-refractivity contribution >= 4 is 74.5 Å². The predicted molar refractivity (Wildman–Crippen MR) is 211 cm³/mol. The van der Waals surface area contributed by atoms with Crippen LogP contribution in [0.25, 0.3) is 32.7 Å². The normalized spacial score (nSPS) is 11.7. The molecule has 0 bridgehead atoms. The molecule has 8 aromatic carbocycles. The Morgan fingerprint density at radius 2 is 0.766 bits per heavy atom. The SMILES string of the molecule is C=P(c1ccccc1)(c1ccccc1)c1ccc2ccccc2c1-c1c(P(c2ccccc2)c2ccccc2)ccc2ccccc12. The van der Waals surface area contributed by atoms with E-state index in [9.17, 15) is 0 Å². The van der Waals surface area contributed by atoms with Crippen molar-refractivity contribution in [1.29, 1.82) is 0 Å². The van der Waals surface area contributed by atoms with E-state index in [4.69, 9.17) is 6.30 Å². The molecule has 0 aliphatic heterocycles. The molecule has 0 atom stereocenters. The van der Waals surface area contributed by atoms with E-state index < -0.39 is 14.8 Å². The van der Waals surface area contributed by atoms with Gasteiger partial charge in [-0.25, -0.2) is 0 Å². The molecule has 0 nitrogen and oxygen atoms in total. The van der Waals surface area contributed by atoms with Gasteiger partial charge in [-0.2, -0.15) is 0 Å². The Kier molecular flexibility index (Phi) is 7.92. The van der Waals surface area contributed by atoms with E-state index in [1.54, 1.807) is 0 Å². The van der Waals surface area contributed by atoms with Gasteiger partial charge in [0.2, 0.25) is 0 Å². The molecule has 8 aromatic rings. The molecule has 0 aliphatic carbocycles. The van der Waals surface area contributed by atoms with Crippen molar-refractivity contribution in [3.8, 4) is 11.1 Å². The number of fused-ring (bicyclic) bond motifs is 2. The third-order valence-electron chi connectivity index (χ3n) is 9.14. The Labute approximate surface area is 278 Å². The summed E-state index contributed by atoms with van der Waals surface area (Å²) in [5, 5.41) is 12.9. The van der Waals surface area contributed by atoms with Gasteiger partial charge in [0.05, 0.1) is 0 Å². The highest BCUT2D eigenvalue weighted by molar-refractivity contribution is 7.93. The first-order valence-corrected chi connectivity index (χ1v) is 19.3. The largest absolute Gasteiger partial charge is 0.0887 e. The molecule has 0 unspecified atom stereocenters. The molecule has 0 amide bonds. The molecule has 8 rings (SSSR count). The van der Waals surface area contributed by atoms with E-state index in [-0.39, 0.29) is 0 Å². The average Bonchev–Trinajstić information content (AvgIpc) is 3.16. The monoisotopic (exact) mass is 636 g/mol. The predicted octanol–water partition coefficient (Wildman–Crippen LogP) is 9.14. The molecule has 0 spiro atoms. The van der Waals surface area contributed by atoms with E-state index in [1.165, 1.54) is 64.5 Å². The number of rotatable bonds is 7. The Hall–Kier alpha value is -4.99. The minimum atomic E-state index is -2.35. The second-order valence-electron chi connectivity index (χ2n) is 11.8. The fourth-order valence-electron chi connectivity index (χ4n) is 6.92. The van der Waals surface area contributed by atoms with Crippen LogP contribution in [0.1, 0.15) is 0 Å². The van der Waals surface area contributed by atoms with E-state index in [0.29, 0.717) is 0 Å². The summed E-state index contributed by atoms with van der Waals surface area (Å²) in [6.45, 7) is -2.35. The van der Waals surface area contributed by atoms with Crippen LogP contribution in [0.5, 0.6) is 0 Å². The van der Waals surface area contributed by atoms with Crippen molar-refractivity contribution in [3.05, 3.63) is 194 Å². The molecule has 0 saturated heterocycles. The smallest absolute Gasteiger partial charge is 0.000886 e. The quantitative estimate of drug-likeness (QED) is 0.153. The van der Waals surface area contributed by atoms with Gasteiger partial charge in [-0.05, 0) is 79.3 Å². The van der Waals surface area contributed by atoms with E-state index >= 15 is 0 Å². The minimum Gasteiger partial charge on any atom is -0.0887 e. The fourth-order valence-corrected chi connectivity index (χ4v) is 12.6. The maximum atomic E-state index is 5.26. The Morgan fingerprint density at radius 1 is 0.362 bits per heavy atom. The van der Waals surface area contributed by atoms with Crippen LogP contribution in [0.15, 0.2) is 194 Å². The molecular formula is C45H34P2. The summed E-state index contributed by atoms with van der Waals surface area (Å²) in [5.74, 6) is 0. The lowest BCUT2D eigenvalue weighted by atomic mass is 9.93. The standard InChI is InChI=1S/C45H34P2/c1-47(38-24-10-4-11-25-38,39-26-12-5-13-27-39)43-33-31-35-19-15-17-29-41(35)45(43)44-40-28-16-14-18-34(40)30-32-42(44)46(36-20-6-2-7-21-36)37-22-8-3-9-23-37/h2-33H,1H2. The van der Waals surface area contributed by atoms with Crippen LogP contribution in [-0.4, -0.2) is 6.30 Å². The highest BCUT2D eigenvalue weighted by Crippen LogP contribution is 2.49. The first-order valence-electron chi connectivity index (χ1n) is 16.0. The van der Waals surface area contributed by atoms with Crippen LogP contribution >= 0.6 is 14.8 Å². The molecule has 0 heterocycles. The topological polar surface area (TPSA) is 0 Å². The molecule has 2 heteroatoms. The Bertz CT molecular complexity index is 2280. The summed E-state index contributed by atoms with van der Waals surface area (Å²) in [4.78, 5) is 0. The highest BCUT2D eigenvalue weighted by atomic mass is 31.2.